The van der Waals surface area contributed by atoms with E-state index in [2.05, 4.69) is 0 Å². The van der Waals surface area contributed by atoms with E-state index in [1.165, 1.54) is 13.2 Å². The molecule has 0 saturated carbocycles. The van der Waals surface area contributed by atoms with Gasteiger partial charge in [-0.25, -0.2) is 14.1 Å². The highest BCUT2D eigenvalue weighted by Crippen LogP contribution is 2.36. The average Bonchev–Trinajstić information content (AvgIpc) is 2.78. The molecule has 1 aliphatic carbocycles. The van der Waals surface area contributed by atoms with Gasteiger partial charge in [-0.05, 0) is 44.7 Å². The van der Waals surface area contributed by atoms with Crippen molar-refractivity contribution in [1.82, 2.24) is 0 Å². The molecule has 180 valence electrons. The second kappa shape index (κ2) is 12.7. The number of ether oxygens (including phenoxy) is 3. The van der Waals surface area contributed by atoms with Crippen LogP contribution in [0.1, 0.15) is 39.5 Å². The van der Waals surface area contributed by atoms with Crippen LogP contribution in [-0.2, 0) is 33.4 Å². The average molecular weight is 502 g/mol. The number of hydrogen-bond donors (Lipinski definition) is 0. The lowest BCUT2D eigenvalue weighted by Gasteiger charge is -2.25. The van der Waals surface area contributed by atoms with Crippen molar-refractivity contribution >= 4 is 52.8 Å². The van der Waals surface area contributed by atoms with Crippen molar-refractivity contribution < 1.29 is 37.8 Å². The Bertz CT molecular complexity index is 966. The van der Waals surface area contributed by atoms with Gasteiger partial charge in [-0.2, -0.15) is 0 Å². The van der Waals surface area contributed by atoms with Gasteiger partial charge in [-0.3, -0.25) is 14.4 Å². The third-order valence-electron chi connectivity index (χ3n) is 4.69. The summed E-state index contributed by atoms with van der Waals surface area (Å²) >= 11 is 7.09. The Labute approximate surface area is 200 Å². The van der Waals surface area contributed by atoms with E-state index in [1.807, 2.05) is 0 Å². The van der Waals surface area contributed by atoms with Crippen LogP contribution in [0.5, 0.6) is 0 Å². The smallest absolute Gasteiger partial charge is 0.336 e. The molecule has 0 heterocycles. The number of halogens is 2. The van der Waals surface area contributed by atoms with Crippen LogP contribution in [0.25, 0.3) is 0 Å². The maximum atomic E-state index is 14.9. The summed E-state index contributed by atoms with van der Waals surface area (Å²) in [6.45, 7) is 2.70. The zero-order valence-corrected chi connectivity index (χ0v) is 20.1. The predicted octanol–water partition coefficient (Wildman–Crippen LogP) is 4.03. The first-order chi connectivity index (χ1) is 15.7. The number of imide groups is 1. The van der Waals surface area contributed by atoms with Gasteiger partial charge in [-0.15, -0.1) is 11.8 Å². The number of carbonyl (C=O) groups is 4. The largest absolute Gasteiger partial charge is 0.465 e. The van der Waals surface area contributed by atoms with Crippen molar-refractivity contribution in [3.05, 3.63) is 34.1 Å². The fraction of sp³-hybridized carbons (Fsp3) is 0.455. The molecule has 33 heavy (non-hydrogen) atoms. The van der Waals surface area contributed by atoms with Crippen molar-refractivity contribution in [2.45, 2.75) is 44.4 Å². The highest BCUT2D eigenvalue weighted by atomic mass is 35.5. The lowest BCUT2D eigenvalue weighted by Crippen LogP contribution is -2.38. The third kappa shape index (κ3) is 7.02. The third-order valence-corrected chi connectivity index (χ3v) is 6.14. The van der Waals surface area contributed by atoms with Crippen molar-refractivity contribution in [3.8, 4) is 0 Å². The van der Waals surface area contributed by atoms with Gasteiger partial charge in [0.1, 0.15) is 5.82 Å². The molecule has 1 aromatic rings. The normalized spacial score (nSPS) is 13.5. The van der Waals surface area contributed by atoms with Gasteiger partial charge in [0.25, 0.3) is 5.91 Å². The molecule has 0 unspecified atom stereocenters. The quantitative estimate of drug-likeness (QED) is 0.284. The summed E-state index contributed by atoms with van der Waals surface area (Å²) in [5.41, 5.74) is -0.0978. The first-order valence-electron chi connectivity index (χ1n) is 10.2. The molecule has 11 heteroatoms. The maximum Gasteiger partial charge on any atom is 0.336 e. The Hall–Kier alpha value is -2.43. The monoisotopic (exact) mass is 501 g/mol. The Morgan fingerprint density at radius 2 is 1.79 bits per heavy atom. The summed E-state index contributed by atoms with van der Waals surface area (Å²) in [4.78, 5) is 50.8. The number of rotatable bonds is 9. The number of esters is 2. The molecule has 0 spiro atoms. The van der Waals surface area contributed by atoms with Crippen LogP contribution >= 0.6 is 23.4 Å². The Kier molecular flexibility index (Phi) is 10.3. The number of hydrogen-bond acceptors (Lipinski definition) is 8. The number of benzene rings is 1. The zero-order chi connectivity index (χ0) is 24.5. The zero-order valence-electron chi connectivity index (χ0n) is 18.6. The maximum absolute atomic E-state index is 14.9. The van der Waals surface area contributed by atoms with Crippen LogP contribution < -0.4 is 4.90 Å². The molecule has 0 radical (unpaired) electrons. The summed E-state index contributed by atoms with van der Waals surface area (Å²) in [6, 6.07) is 2.20. The number of amides is 2. The number of carbonyl (C=O) groups excluding carboxylic acids is 4. The standard InChI is InChI=1S/C22H25ClFNO7S/c1-4-31-20(27)11-33-19-10-18(17(24)9-16(19)23)25(13(2)26)21(28)14-7-5-6-8-15(14)22(29)32-12-30-3/h9-10H,4-8,11-12H2,1-3H3. The summed E-state index contributed by atoms with van der Waals surface area (Å²) in [7, 11) is 1.35. The fourth-order valence-electron chi connectivity index (χ4n) is 3.26. The van der Waals surface area contributed by atoms with Crippen molar-refractivity contribution in [1.29, 1.82) is 0 Å². The van der Waals surface area contributed by atoms with Crippen LogP contribution in [0.4, 0.5) is 10.1 Å². The van der Waals surface area contributed by atoms with Crippen LogP contribution in [0.2, 0.25) is 5.02 Å². The summed E-state index contributed by atoms with van der Waals surface area (Å²) in [5, 5.41) is 0.0159. The van der Waals surface area contributed by atoms with E-state index in [1.54, 1.807) is 6.92 Å². The van der Waals surface area contributed by atoms with Gasteiger partial charge in [0.15, 0.2) is 6.79 Å². The first kappa shape index (κ1) is 26.8. The summed E-state index contributed by atoms with van der Waals surface area (Å²) in [5.74, 6) is -3.75. The van der Waals surface area contributed by atoms with Gasteiger partial charge < -0.3 is 14.2 Å². The fourth-order valence-corrected chi connectivity index (χ4v) is 4.33. The molecule has 0 N–H and O–H groups in total. The summed E-state index contributed by atoms with van der Waals surface area (Å²) in [6.07, 6.45) is 1.81. The first-order valence-corrected chi connectivity index (χ1v) is 11.6. The predicted molar refractivity (Wildman–Crippen MR) is 120 cm³/mol. The molecule has 0 saturated heterocycles. The highest BCUT2D eigenvalue weighted by Gasteiger charge is 2.32. The van der Waals surface area contributed by atoms with E-state index in [0.717, 1.165) is 24.8 Å². The minimum Gasteiger partial charge on any atom is -0.465 e. The van der Waals surface area contributed by atoms with Gasteiger partial charge in [-0.1, -0.05) is 11.6 Å². The molecule has 8 nitrogen and oxygen atoms in total. The molecule has 0 aromatic heterocycles. The SMILES string of the molecule is CCOC(=O)CSc1cc(N(C(C)=O)C(=O)C2=C(C(=O)OCOC)CCCC2)c(F)cc1Cl. The Balaban J connectivity index is 2.44. The van der Waals surface area contributed by atoms with E-state index in [0.29, 0.717) is 24.2 Å². The van der Waals surface area contributed by atoms with Gasteiger partial charge in [0.05, 0.1) is 23.1 Å². The van der Waals surface area contributed by atoms with E-state index >= 15 is 0 Å². The van der Waals surface area contributed by atoms with E-state index < -0.39 is 29.6 Å². The van der Waals surface area contributed by atoms with E-state index in [9.17, 15) is 23.6 Å². The Morgan fingerprint density at radius 3 is 2.39 bits per heavy atom. The molecule has 1 aromatic carbocycles. The molecule has 2 amide bonds. The van der Waals surface area contributed by atoms with Gasteiger partial charge >= 0.3 is 11.9 Å². The van der Waals surface area contributed by atoms with E-state index in [4.69, 9.17) is 25.8 Å². The second-order valence-corrected chi connectivity index (χ2v) is 8.41. The molecular formula is C22H25ClFNO7S. The lowest BCUT2D eigenvalue weighted by molar-refractivity contribution is -0.150. The molecule has 0 atom stereocenters. The number of nitrogens with zero attached hydrogens (tertiary/aromatic N) is 1. The van der Waals surface area contributed by atoms with Crippen LogP contribution in [0, 0.1) is 5.82 Å². The number of thioether (sulfide) groups is 1. The van der Waals surface area contributed by atoms with Crippen molar-refractivity contribution in [2.24, 2.45) is 0 Å². The molecule has 0 aliphatic heterocycles. The molecule has 2 rings (SSSR count). The lowest BCUT2D eigenvalue weighted by atomic mass is 9.90. The van der Waals surface area contributed by atoms with Crippen molar-refractivity contribution in [3.63, 3.8) is 0 Å². The number of methoxy groups -OCH3 is 1. The topological polar surface area (TPSA) is 99.2 Å². The minimum atomic E-state index is -0.899. The summed E-state index contributed by atoms with van der Waals surface area (Å²) < 4.78 is 29.4. The molecular weight excluding hydrogens is 477 g/mol. The number of anilines is 1. The van der Waals surface area contributed by atoms with Crippen LogP contribution in [0.15, 0.2) is 28.2 Å². The highest BCUT2D eigenvalue weighted by molar-refractivity contribution is 8.00. The van der Waals surface area contributed by atoms with Crippen LogP contribution in [0.3, 0.4) is 0 Å². The molecule has 1 aliphatic rings. The van der Waals surface area contributed by atoms with Crippen LogP contribution in [-0.4, -0.2) is 50.0 Å². The van der Waals surface area contributed by atoms with Crippen molar-refractivity contribution in [2.75, 3.05) is 31.2 Å². The van der Waals surface area contributed by atoms with E-state index in [-0.39, 0.29) is 52.3 Å². The minimum absolute atomic E-state index is 0.0159. The van der Waals surface area contributed by atoms with Gasteiger partial charge in [0.2, 0.25) is 5.91 Å². The Morgan fingerprint density at radius 1 is 1.12 bits per heavy atom. The molecule has 0 fully saturated rings. The molecule has 0 bridgehead atoms. The van der Waals surface area contributed by atoms with Gasteiger partial charge in [0, 0.05) is 30.1 Å². The second-order valence-electron chi connectivity index (χ2n) is 6.99.